The molecular formula is C21H24N4O4S. The van der Waals surface area contributed by atoms with Gasteiger partial charge in [0, 0.05) is 38.1 Å². The third-order valence-corrected chi connectivity index (χ3v) is 6.84. The number of hydrogen-bond acceptors (Lipinski definition) is 5. The molecule has 1 aliphatic carbocycles. The van der Waals surface area contributed by atoms with E-state index >= 15 is 0 Å². The molecule has 3 heterocycles. The van der Waals surface area contributed by atoms with E-state index in [-0.39, 0.29) is 28.5 Å². The minimum absolute atomic E-state index is 0.0627. The van der Waals surface area contributed by atoms with E-state index in [2.05, 4.69) is 0 Å². The summed E-state index contributed by atoms with van der Waals surface area (Å²) in [6.07, 6.45) is 3.89. The first kappa shape index (κ1) is 20.3. The summed E-state index contributed by atoms with van der Waals surface area (Å²) < 4.78 is 3.46. The molecule has 9 heteroatoms. The molecule has 30 heavy (non-hydrogen) atoms. The van der Waals surface area contributed by atoms with Gasteiger partial charge in [0.05, 0.1) is 17.5 Å². The Kier molecular flexibility index (Phi) is 5.23. The van der Waals surface area contributed by atoms with E-state index in [4.69, 9.17) is 0 Å². The van der Waals surface area contributed by atoms with Gasteiger partial charge in [0.25, 0.3) is 17.0 Å². The lowest BCUT2D eigenvalue weighted by atomic mass is 10.1. The number of hydrogen-bond donors (Lipinski definition) is 0. The number of fused-ring (bicyclic) bond motifs is 1. The number of rotatable bonds is 4. The lowest BCUT2D eigenvalue weighted by molar-refractivity contribution is 0.0668. The fourth-order valence-electron chi connectivity index (χ4n) is 4.34. The Bertz CT molecular complexity index is 1290. The van der Waals surface area contributed by atoms with Gasteiger partial charge in [-0.05, 0) is 24.3 Å². The van der Waals surface area contributed by atoms with Crippen LogP contribution in [0.5, 0.6) is 0 Å². The van der Waals surface area contributed by atoms with Crippen molar-refractivity contribution in [1.82, 2.24) is 18.6 Å². The number of aryl methyl sites for hydroxylation is 2. The summed E-state index contributed by atoms with van der Waals surface area (Å²) in [5.74, 6) is -0.339. The highest BCUT2D eigenvalue weighted by Gasteiger charge is 2.30. The number of aromatic nitrogens is 3. The molecule has 0 aliphatic heterocycles. The van der Waals surface area contributed by atoms with E-state index in [1.54, 1.807) is 16.2 Å². The second kappa shape index (κ2) is 7.71. The predicted octanol–water partition coefficient (Wildman–Crippen LogP) is 1.58. The molecule has 0 aromatic carbocycles. The monoisotopic (exact) mass is 428 g/mol. The zero-order chi connectivity index (χ0) is 21.6. The van der Waals surface area contributed by atoms with Crippen molar-refractivity contribution >= 4 is 28.3 Å². The Hall–Kier alpha value is -2.94. The van der Waals surface area contributed by atoms with Crippen LogP contribution in [0.2, 0.25) is 0 Å². The van der Waals surface area contributed by atoms with E-state index < -0.39 is 16.8 Å². The zero-order valence-electron chi connectivity index (χ0n) is 17.3. The lowest BCUT2D eigenvalue weighted by Gasteiger charge is -2.29. The van der Waals surface area contributed by atoms with Crippen LogP contribution in [-0.4, -0.2) is 30.6 Å². The molecule has 8 nitrogen and oxygen atoms in total. The smallest absolute Gasteiger partial charge is 0.330 e. The molecular weight excluding hydrogens is 404 g/mol. The van der Waals surface area contributed by atoms with Crippen LogP contribution in [0.3, 0.4) is 0 Å². The van der Waals surface area contributed by atoms with Crippen LogP contribution in [0, 0.1) is 0 Å². The lowest BCUT2D eigenvalue weighted by Crippen LogP contribution is -2.43. The van der Waals surface area contributed by atoms with Crippen LogP contribution in [0.4, 0.5) is 0 Å². The molecule has 0 spiro atoms. The van der Waals surface area contributed by atoms with Crippen molar-refractivity contribution in [3.8, 4) is 0 Å². The van der Waals surface area contributed by atoms with Gasteiger partial charge in [-0.1, -0.05) is 18.9 Å². The maximum atomic E-state index is 13.7. The molecule has 0 atom stereocenters. The summed E-state index contributed by atoms with van der Waals surface area (Å²) in [6, 6.07) is 5.21. The topological polar surface area (TPSA) is 86.3 Å². The van der Waals surface area contributed by atoms with Crippen LogP contribution in [0.1, 0.15) is 40.9 Å². The molecule has 1 fully saturated rings. The third kappa shape index (κ3) is 3.23. The Morgan fingerprint density at radius 2 is 1.80 bits per heavy atom. The van der Waals surface area contributed by atoms with Crippen molar-refractivity contribution in [1.29, 1.82) is 0 Å². The van der Waals surface area contributed by atoms with Gasteiger partial charge in [-0.15, -0.1) is 11.3 Å². The third-order valence-electron chi connectivity index (χ3n) is 5.98. The largest absolute Gasteiger partial charge is 0.332 e. The van der Waals surface area contributed by atoms with Crippen LogP contribution in [-0.2, 0) is 27.7 Å². The minimum atomic E-state index is -0.574. The molecule has 0 radical (unpaired) electrons. The number of carbonyl (C=O) groups is 1. The molecule has 1 amide bonds. The highest BCUT2D eigenvalue weighted by molar-refractivity contribution is 7.09. The van der Waals surface area contributed by atoms with Crippen molar-refractivity contribution in [2.75, 3.05) is 0 Å². The Morgan fingerprint density at radius 3 is 2.43 bits per heavy atom. The highest BCUT2D eigenvalue weighted by Crippen LogP contribution is 2.28. The van der Waals surface area contributed by atoms with Crippen molar-refractivity contribution in [2.45, 2.75) is 38.3 Å². The molecule has 4 rings (SSSR count). The maximum Gasteiger partial charge on any atom is 0.332 e. The fourth-order valence-corrected chi connectivity index (χ4v) is 5.04. The molecule has 1 aliphatic rings. The summed E-state index contributed by atoms with van der Waals surface area (Å²) >= 11 is 1.57. The summed E-state index contributed by atoms with van der Waals surface area (Å²) in [6.45, 7) is 0.434. The van der Waals surface area contributed by atoms with Gasteiger partial charge in [0.15, 0.2) is 0 Å². The van der Waals surface area contributed by atoms with Crippen LogP contribution in [0.15, 0.2) is 38.0 Å². The average molecular weight is 429 g/mol. The number of pyridine rings is 1. The maximum absolute atomic E-state index is 13.7. The van der Waals surface area contributed by atoms with E-state index in [0.717, 1.165) is 35.1 Å². The van der Waals surface area contributed by atoms with Crippen molar-refractivity contribution in [2.24, 2.45) is 21.1 Å². The predicted molar refractivity (Wildman–Crippen MR) is 116 cm³/mol. The Morgan fingerprint density at radius 1 is 1.10 bits per heavy atom. The standard InChI is InChI=1S/C21H24N4O4S/c1-22-16(26)11-15(17-18(22)23(2)21(29)24(3)20(17)28)19(27)25(13-7-4-5-8-13)12-14-9-6-10-30-14/h6,9-11,13H,4-5,7-8,12H2,1-3H3. The number of carbonyl (C=O) groups excluding carboxylic acids is 1. The van der Waals surface area contributed by atoms with E-state index in [0.29, 0.717) is 6.54 Å². The first-order valence-electron chi connectivity index (χ1n) is 9.94. The van der Waals surface area contributed by atoms with Crippen molar-refractivity contribution < 1.29 is 4.79 Å². The zero-order valence-corrected chi connectivity index (χ0v) is 18.1. The molecule has 158 valence electrons. The highest BCUT2D eigenvalue weighted by atomic mass is 32.1. The number of nitrogens with zero attached hydrogens (tertiary/aromatic N) is 4. The summed E-state index contributed by atoms with van der Waals surface area (Å²) in [5.41, 5.74) is -1.33. The molecule has 1 saturated carbocycles. The number of thiophene rings is 1. The van der Waals surface area contributed by atoms with E-state index in [1.165, 1.54) is 36.3 Å². The van der Waals surface area contributed by atoms with Gasteiger partial charge >= 0.3 is 5.69 Å². The van der Waals surface area contributed by atoms with Crippen LogP contribution >= 0.6 is 11.3 Å². The van der Waals surface area contributed by atoms with Gasteiger partial charge in [0.2, 0.25) is 0 Å². The van der Waals surface area contributed by atoms with Gasteiger partial charge < -0.3 is 4.90 Å². The fraction of sp³-hybridized carbons (Fsp3) is 0.429. The first-order chi connectivity index (χ1) is 14.3. The molecule has 0 N–H and O–H groups in total. The van der Waals surface area contributed by atoms with Crippen LogP contribution < -0.4 is 16.8 Å². The van der Waals surface area contributed by atoms with Crippen LogP contribution in [0.25, 0.3) is 11.0 Å². The summed E-state index contributed by atoms with van der Waals surface area (Å²) in [5, 5.41) is 2.06. The van der Waals surface area contributed by atoms with Gasteiger partial charge in [-0.3, -0.25) is 28.1 Å². The Balaban J connectivity index is 1.95. The van der Waals surface area contributed by atoms with Crippen molar-refractivity contribution in [3.63, 3.8) is 0 Å². The molecule has 3 aromatic heterocycles. The van der Waals surface area contributed by atoms with Gasteiger partial charge in [-0.2, -0.15) is 0 Å². The number of amides is 1. The van der Waals surface area contributed by atoms with Gasteiger partial charge in [0.1, 0.15) is 5.65 Å². The molecule has 3 aromatic rings. The summed E-state index contributed by atoms with van der Waals surface area (Å²) in [4.78, 5) is 54.7. The van der Waals surface area contributed by atoms with E-state index in [1.807, 2.05) is 17.5 Å². The first-order valence-corrected chi connectivity index (χ1v) is 10.8. The van der Waals surface area contributed by atoms with Gasteiger partial charge in [-0.25, -0.2) is 4.79 Å². The van der Waals surface area contributed by atoms with E-state index in [9.17, 15) is 19.2 Å². The average Bonchev–Trinajstić information content (AvgIpc) is 3.44. The molecule has 0 bridgehead atoms. The Labute approximate surface area is 176 Å². The molecule has 0 unspecified atom stereocenters. The second-order valence-corrected chi connectivity index (χ2v) is 8.84. The van der Waals surface area contributed by atoms with Crippen molar-refractivity contribution in [3.05, 3.63) is 65.2 Å². The quantitative estimate of drug-likeness (QED) is 0.631. The normalized spacial score (nSPS) is 14.5. The minimum Gasteiger partial charge on any atom is -0.330 e. The molecule has 0 saturated heterocycles. The second-order valence-electron chi connectivity index (χ2n) is 7.81. The SMILES string of the molecule is Cn1c(=O)c2c(C(=O)N(Cc3cccs3)C3CCCC3)cc(=O)n(C)c2n(C)c1=O. The summed E-state index contributed by atoms with van der Waals surface area (Å²) in [7, 11) is 4.38.